The third-order valence-electron chi connectivity index (χ3n) is 4.58. The van der Waals surface area contributed by atoms with Crippen LogP contribution in [0.5, 0.6) is 0 Å². The van der Waals surface area contributed by atoms with Crippen LogP contribution in [-0.2, 0) is 6.54 Å². The molecule has 0 radical (unpaired) electrons. The normalized spacial score (nSPS) is 29.3. The van der Waals surface area contributed by atoms with Crippen molar-refractivity contribution in [3.05, 3.63) is 29.1 Å². The molecular weight excluding hydrogens is 240 g/mol. The van der Waals surface area contributed by atoms with Crippen molar-refractivity contribution in [1.29, 1.82) is 0 Å². The lowest BCUT2D eigenvalue weighted by Crippen LogP contribution is -2.22. The monoisotopic (exact) mass is 258 g/mol. The first-order valence-corrected chi connectivity index (χ1v) is 7.15. The average molecular weight is 258 g/mol. The predicted octanol–water partition coefficient (Wildman–Crippen LogP) is 2.11. The van der Waals surface area contributed by atoms with E-state index in [1.807, 2.05) is 0 Å². The molecule has 1 aromatic rings. The topological polar surface area (TPSA) is 53.4 Å². The molecule has 2 aliphatic carbocycles. The van der Waals surface area contributed by atoms with Crippen molar-refractivity contribution in [2.45, 2.75) is 31.7 Å². The first kappa shape index (κ1) is 11.4. The first-order chi connectivity index (χ1) is 9.19. The predicted molar refractivity (Wildman–Crippen MR) is 70.0 cm³/mol. The maximum atomic E-state index is 11.2. The second-order valence-corrected chi connectivity index (χ2v) is 6.31. The lowest BCUT2D eigenvalue weighted by atomic mass is 10.1. The number of pyridine rings is 1. The molecule has 2 saturated carbocycles. The van der Waals surface area contributed by atoms with Crippen LogP contribution in [0, 0.1) is 11.8 Å². The number of rotatable bonds is 4. The minimum absolute atomic E-state index is 0.212. The molecule has 100 valence electrons. The fraction of sp³-hybridized carbons (Fsp3) is 0.600. The highest BCUT2D eigenvalue weighted by atomic mass is 16.4. The van der Waals surface area contributed by atoms with Crippen LogP contribution in [0.4, 0.5) is 0 Å². The number of nitrogens with zero attached hydrogens (tertiary/aromatic N) is 2. The van der Waals surface area contributed by atoms with E-state index in [1.165, 1.54) is 19.5 Å². The fourth-order valence-corrected chi connectivity index (χ4v) is 3.28. The van der Waals surface area contributed by atoms with E-state index in [-0.39, 0.29) is 5.69 Å². The number of likely N-dealkylation sites (tertiary alicyclic amines) is 1. The second kappa shape index (κ2) is 4.04. The SMILES string of the molecule is O=C(O)c1cc(CN2CC3CC3C2)cc(C2CC2)n1. The van der Waals surface area contributed by atoms with E-state index in [2.05, 4.69) is 16.0 Å². The molecule has 0 spiro atoms. The van der Waals surface area contributed by atoms with E-state index in [1.54, 1.807) is 6.07 Å². The number of piperidine rings is 1. The molecule has 1 saturated heterocycles. The smallest absolute Gasteiger partial charge is 0.354 e. The number of hydrogen-bond acceptors (Lipinski definition) is 3. The summed E-state index contributed by atoms with van der Waals surface area (Å²) in [6.07, 6.45) is 3.72. The lowest BCUT2D eigenvalue weighted by Gasteiger charge is -2.18. The van der Waals surface area contributed by atoms with Crippen LogP contribution in [-0.4, -0.2) is 34.0 Å². The van der Waals surface area contributed by atoms with E-state index in [0.29, 0.717) is 5.92 Å². The molecule has 3 fully saturated rings. The van der Waals surface area contributed by atoms with Gasteiger partial charge in [-0.25, -0.2) is 9.78 Å². The van der Waals surface area contributed by atoms with E-state index in [9.17, 15) is 4.79 Å². The largest absolute Gasteiger partial charge is 0.477 e. The van der Waals surface area contributed by atoms with Crippen LogP contribution in [0.2, 0.25) is 0 Å². The van der Waals surface area contributed by atoms with Crippen LogP contribution in [0.1, 0.15) is 46.9 Å². The molecule has 0 amide bonds. The van der Waals surface area contributed by atoms with Crippen molar-refractivity contribution in [3.8, 4) is 0 Å². The van der Waals surface area contributed by atoms with Crippen molar-refractivity contribution < 1.29 is 9.90 Å². The molecule has 2 heterocycles. The number of carbonyl (C=O) groups is 1. The third kappa shape index (κ3) is 2.25. The van der Waals surface area contributed by atoms with E-state index < -0.39 is 5.97 Å². The van der Waals surface area contributed by atoms with Gasteiger partial charge in [0.25, 0.3) is 0 Å². The number of aromatic carboxylic acids is 1. The van der Waals surface area contributed by atoms with E-state index in [4.69, 9.17) is 5.11 Å². The Morgan fingerprint density at radius 2 is 2.05 bits per heavy atom. The maximum absolute atomic E-state index is 11.2. The summed E-state index contributed by atoms with van der Waals surface area (Å²) in [6, 6.07) is 3.87. The number of fused-ring (bicyclic) bond motifs is 1. The van der Waals surface area contributed by atoms with E-state index in [0.717, 1.165) is 42.5 Å². The highest BCUT2D eigenvalue weighted by molar-refractivity contribution is 5.85. The Morgan fingerprint density at radius 1 is 1.32 bits per heavy atom. The van der Waals surface area contributed by atoms with Gasteiger partial charge in [-0.1, -0.05) is 0 Å². The molecule has 4 nitrogen and oxygen atoms in total. The van der Waals surface area contributed by atoms with Gasteiger partial charge >= 0.3 is 5.97 Å². The van der Waals surface area contributed by atoms with Gasteiger partial charge in [0.2, 0.25) is 0 Å². The summed E-state index contributed by atoms with van der Waals surface area (Å²) in [4.78, 5) is 17.9. The van der Waals surface area contributed by atoms with Crippen LogP contribution in [0.25, 0.3) is 0 Å². The molecular formula is C15H18N2O2. The number of carboxylic acids is 1. The number of aromatic nitrogens is 1. The van der Waals surface area contributed by atoms with Gasteiger partial charge in [0.05, 0.1) is 0 Å². The quantitative estimate of drug-likeness (QED) is 0.898. The summed E-state index contributed by atoms with van der Waals surface area (Å²) < 4.78 is 0. The second-order valence-electron chi connectivity index (χ2n) is 6.31. The Labute approximate surface area is 112 Å². The minimum Gasteiger partial charge on any atom is -0.477 e. The zero-order chi connectivity index (χ0) is 13.0. The molecule has 0 bridgehead atoms. The molecule has 4 heteroatoms. The van der Waals surface area contributed by atoms with Gasteiger partial charge in [0.1, 0.15) is 5.69 Å². The summed E-state index contributed by atoms with van der Waals surface area (Å²) in [5, 5.41) is 9.17. The summed E-state index contributed by atoms with van der Waals surface area (Å²) in [5.74, 6) is 1.44. The highest BCUT2D eigenvalue weighted by Gasteiger charge is 2.44. The van der Waals surface area contributed by atoms with Gasteiger partial charge in [-0.3, -0.25) is 4.90 Å². The summed E-state index contributed by atoms with van der Waals surface area (Å²) in [6.45, 7) is 3.26. The molecule has 2 unspecified atom stereocenters. The number of hydrogen-bond donors (Lipinski definition) is 1. The third-order valence-corrected chi connectivity index (χ3v) is 4.58. The van der Waals surface area contributed by atoms with Gasteiger partial charge in [-0.2, -0.15) is 0 Å². The zero-order valence-electron chi connectivity index (χ0n) is 10.9. The Hall–Kier alpha value is -1.42. The molecule has 1 N–H and O–H groups in total. The highest BCUT2D eigenvalue weighted by Crippen LogP contribution is 2.45. The van der Waals surface area contributed by atoms with Gasteiger partial charge < -0.3 is 5.11 Å². The minimum atomic E-state index is -0.909. The van der Waals surface area contributed by atoms with Crippen molar-refractivity contribution >= 4 is 5.97 Å². The Bertz CT molecular complexity index is 529. The Kier molecular flexibility index (Phi) is 2.42. The lowest BCUT2D eigenvalue weighted by molar-refractivity contribution is 0.0690. The summed E-state index contributed by atoms with van der Waals surface area (Å²) in [7, 11) is 0. The standard InChI is InChI=1S/C15H18N2O2/c18-15(19)14-4-9(3-13(16-14)10-1-2-10)6-17-7-11-5-12(11)8-17/h3-4,10-12H,1-2,5-8H2,(H,18,19). The summed E-state index contributed by atoms with van der Waals surface area (Å²) >= 11 is 0. The zero-order valence-corrected chi connectivity index (χ0v) is 10.9. The van der Waals surface area contributed by atoms with Gasteiger partial charge in [0, 0.05) is 31.2 Å². The first-order valence-electron chi connectivity index (χ1n) is 7.15. The average Bonchev–Trinajstić information content (AvgIpc) is 3.28. The molecule has 0 aromatic carbocycles. The molecule has 3 aliphatic rings. The number of carboxylic acid groups (broad SMARTS) is 1. The molecule has 1 aromatic heterocycles. The molecule has 19 heavy (non-hydrogen) atoms. The van der Waals surface area contributed by atoms with E-state index >= 15 is 0 Å². The van der Waals surface area contributed by atoms with Crippen LogP contribution in [0.3, 0.4) is 0 Å². The van der Waals surface area contributed by atoms with Gasteiger partial charge in [-0.05, 0) is 48.8 Å². The van der Waals surface area contributed by atoms with Crippen LogP contribution < -0.4 is 0 Å². The van der Waals surface area contributed by atoms with Gasteiger partial charge in [0.15, 0.2) is 0 Å². The van der Waals surface area contributed by atoms with Gasteiger partial charge in [-0.15, -0.1) is 0 Å². The molecule has 4 rings (SSSR count). The van der Waals surface area contributed by atoms with Crippen LogP contribution >= 0.6 is 0 Å². The Balaban J connectivity index is 1.57. The molecule has 2 atom stereocenters. The maximum Gasteiger partial charge on any atom is 0.354 e. The van der Waals surface area contributed by atoms with Crippen molar-refractivity contribution in [3.63, 3.8) is 0 Å². The van der Waals surface area contributed by atoms with Crippen molar-refractivity contribution in [2.24, 2.45) is 11.8 Å². The van der Waals surface area contributed by atoms with Crippen LogP contribution in [0.15, 0.2) is 12.1 Å². The summed E-state index contributed by atoms with van der Waals surface area (Å²) in [5.41, 5.74) is 2.32. The fourth-order valence-electron chi connectivity index (χ4n) is 3.28. The Morgan fingerprint density at radius 3 is 2.68 bits per heavy atom. The van der Waals surface area contributed by atoms with Crippen molar-refractivity contribution in [2.75, 3.05) is 13.1 Å². The van der Waals surface area contributed by atoms with Crippen molar-refractivity contribution in [1.82, 2.24) is 9.88 Å². The molecule has 1 aliphatic heterocycles.